The Morgan fingerprint density at radius 3 is 2.40 bits per heavy atom. The second-order valence-corrected chi connectivity index (χ2v) is 6.60. The summed E-state index contributed by atoms with van der Waals surface area (Å²) in [6.45, 7) is 7.87. The first kappa shape index (κ1) is 18.7. The second-order valence-electron chi connectivity index (χ2n) is 6.60. The smallest absolute Gasteiger partial charge is 0.329 e. The first-order valence-electron chi connectivity index (χ1n) is 8.47. The van der Waals surface area contributed by atoms with E-state index < -0.39 is 12.0 Å². The van der Waals surface area contributed by atoms with Gasteiger partial charge in [0.2, 0.25) is 0 Å². The average molecular weight is 339 g/mol. The first-order valence-corrected chi connectivity index (χ1v) is 8.47. The minimum absolute atomic E-state index is 0.0712. The van der Waals surface area contributed by atoms with Gasteiger partial charge in [-0.05, 0) is 43.0 Å². The molecular weight excluding hydrogens is 314 g/mol. The number of carbonyl (C=O) groups is 2. The van der Waals surface area contributed by atoms with E-state index in [1.165, 1.54) is 0 Å². The van der Waals surface area contributed by atoms with E-state index in [4.69, 9.17) is 4.74 Å². The molecule has 1 amide bonds. The highest BCUT2D eigenvalue weighted by Gasteiger charge is 2.26. The van der Waals surface area contributed by atoms with Crippen LogP contribution < -0.4 is 5.32 Å². The highest BCUT2D eigenvalue weighted by Crippen LogP contribution is 2.12. The van der Waals surface area contributed by atoms with Crippen LogP contribution in [-0.4, -0.2) is 17.9 Å². The fourth-order valence-corrected chi connectivity index (χ4v) is 2.52. The Morgan fingerprint density at radius 2 is 1.76 bits per heavy atom. The number of esters is 1. The topological polar surface area (TPSA) is 55.4 Å². The molecule has 4 heteroatoms. The molecule has 0 bridgehead atoms. The third-order valence-electron chi connectivity index (χ3n) is 4.12. The Hall–Kier alpha value is -2.62. The van der Waals surface area contributed by atoms with E-state index in [1.54, 1.807) is 12.1 Å². The van der Waals surface area contributed by atoms with Crippen LogP contribution in [0.15, 0.2) is 48.5 Å². The number of amides is 1. The maximum Gasteiger partial charge on any atom is 0.329 e. The van der Waals surface area contributed by atoms with Crippen molar-refractivity contribution in [2.75, 3.05) is 0 Å². The quantitative estimate of drug-likeness (QED) is 0.815. The summed E-state index contributed by atoms with van der Waals surface area (Å²) < 4.78 is 5.44. The normalized spacial score (nSPS) is 11.9. The van der Waals surface area contributed by atoms with Gasteiger partial charge in [0.15, 0.2) is 0 Å². The second kappa shape index (κ2) is 8.47. The lowest BCUT2D eigenvalue weighted by atomic mass is 10.0. The Balaban J connectivity index is 2.03. The zero-order valence-corrected chi connectivity index (χ0v) is 15.2. The molecule has 0 heterocycles. The Labute approximate surface area is 149 Å². The van der Waals surface area contributed by atoms with E-state index in [2.05, 4.69) is 5.32 Å². The van der Waals surface area contributed by atoms with Crippen molar-refractivity contribution in [3.8, 4) is 0 Å². The lowest BCUT2D eigenvalue weighted by Gasteiger charge is -2.21. The minimum atomic E-state index is -0.683. The van der Waals surface area contributed by atoms with E-state index in [1.807, 2.05) is 64.1 Å². The summed E-state index contributed by atoms with van der Waals surface area (Å²) in [7, 11) is 0. The van der Waals surface area contributed by atoms with Gasteiger partial charge in [0.05, 0.1) is 0 Å². The predicted octanol–water partition coefficient (Wildman–Crippen LogP) is 3.80. The molecule has 2 aromatic rings. The molecule has 1 atom stereocenters. The van der Waals surface area contributed by atoms with Crippen molar-refractivity contribution < 1.29 is 14.3 Å². The molecular formula is C21H25NO3. The molecule has 2 rings (SSSR count). The summed E-state index contributed by atoms with van der Waals surface area (Å²) in [6, 6.07) is 14.4. The number of hydrogen-bond donors (Lipinski definition) is 1. The van der Waals surface area contributed by atoms with Crippen LogP contribution in [0.1, 0.15) is 40.9 Å². The highest BCUT2D eigenvalue weighted by molar-refractivity contribution is 5.97. The van der Waals surface area contributed by atoms with Gasteiger partial charge in [-0.15, -0.1) is 0 Å². The lowest BCUT2D eigenvalue weighted by molar-refractivity contribution is -0.148. The fraction of sp³-hybridized carbons (Fsp3) is 0.333. The number of ether oxygens (including phenoxy) is 1. The molecule has 132 valence electrons. The summed E-state index contributed by atoms with van der Waals surface area (Å²) in [5.74, 6) is -0.757. The monoisotopic (exact) mass is 339 g/mol. The SMILES string of the molecule is Cc1cccc(C(=O)NC(C(=O)OCc2ccccc2C)C(C)C)c1. The van der Waals surface area contributed by atoms with Gasteiger partial charge in [0, 0.05) is 5.56 Å². The summed E-state index contributed by atoms with van der Waals surface area (Å²) in [5.41, 5.74) is 3.57. The highest BCUT2D eigenvalue weighted by atomic mass is 16.5. The summed E-state index contributed by atoms with van der Waals surface area (Å²) in [5, 5.41) is 2.80. The summed E-state index contributed by atoms with van der Waals surface area (Å²) in [6.07, 6.45) is 0. The molecule has 0 aliphatic heterocycles. The Morgan fingerprint density at radius 1 is 1.04 bits per heavy atom. The van der Waals surface area contributed by atoms with Gasteiger partial charge in [-0.3, -0.25) is 4.79 Å². The third kappa shape index (κ3) is 5.18. The van der Waals surface area contributed by atoms with E-state index in [0.29, 0.717) is 5.56 Å². The molecule has 2 aromatic carbocycles. The number of hydrogen-bond acceptors (Lipinski definition) is 3. The molecule has 1 unspecified atom stereocenters. The van der Waals surface area contributed by atoms with Crippen molar-refractivity contribution >= 4 is 11.9 Å². The van der Waals surface area contributed by atoms with Crippen LogP contribution in [-0.2, 0) is 16.1 Å². The van der Waals surface area contributed by atoms with Crippen LogP contribution in [0.5, 0.6) is 0 Å². The predicted molar refractivity (Wildman–Crippen MR) is 98.2 cm³/mol. The summed E-state index contributed by atoms with van der Waals surface area (Å²) >= 11 is 0. The van der Waals surface area contributed by atoms with Crippen molar-refractivity contribution in [3.63, 3.8) is 0 Å². The van der Waals surface area contributed by atoms with Crippen LogP contribution in [0.3, 0.4) is 0 Å². The molecule has 0 aliphatic carbocycles. The number of aryl methyl sites for hydroxylation is 2. The van der Waals surface area contributed by atoms with Gasteiger partial charge in [-0.25, -0.2) is 4.79 Å². The molecule has 1 N–H and O–H groups in total. The van der Waals surface area contributed by atoms with E-state index in [0.717, 1.165) is 16.7 Å². The van der Waals surface area contributed by atoms with Crippen molar-refractivity contribution in [2.45, 2.75) is 40.3 Å². The number of benzene rings is 2. The largest absolute Gasteiger partial charge is 0.459 e. The van der Waals surface area contributed by atoms with Gasteiger partial charge in [-0.1, -0.05) is 55.8 Å². The van der Waals surface area contributed by atoms with E-state index >= 15 is 0 Å². The maximum atomic E-state index is 12.5. The first-order chi connectivity index (χ1) is 11.9. The lowest BCUT2D eigenvalue weighted by Crippen LogP contribution is -2.45. The van der Waals surface area contributed by atoms with Crippen LogP contribution in [0, 0.1) is 19.8 Å². The van der Waals surface area contributed by atoms with Crippen LogP contribution in [0.4, 0.5) is 0 Å². The molecule has 0 saturated heterocycles. The molecule has 4 nitrogen and oxygen atoms in total. The van der Waals surface area contributed by atoms with Crippen LogP contribution >= 0.6 is 0 Å². The minimum Gasteiger partial charge on any atom is -0.459 e. The van der Waals surface area contributed by atoms with Gasteiger partial charge >= 0.3 is 5.97 Å². The zero-order valence-electron chi connectivity index (χ0n) is 15.2. The number of rotatable bonds is 6. The van der Waals surface area contributed by atoms with E-state index in [9.17, 15) is 9.59 Å². The van der Waals surface area contributed by atoms with Crippen LogP contribution in [0.25, 0.3) is 0 Å². The Bertz CT molecular complexity index is 752. The fourth-order valence-electron chi connectivity index (χ4n) is 2.52. The van der Waals surface area contributed by atoms with Gasteiger partial charge < -0.3 is 10.1 Å². The average Bonchev–Trinajstić information content (AvgIpc) is 2.58. The molecule has 0 fully saturated rings. The molecule has 0 radical (unpaired) electrons. The maximum absolute atomic E-state index is 12.5. The van der Waals surface area contributed by atoms with Crippen molar-refractivity contribution in [2.24, 2.45) is 5.92 Å². The summed E-state index contributed by atoms with van der Waals surface area (Å²) in [4.78, 5) is 24.9. The van der Waals surface area contributed by atoms with Crippen molar-refractivity contribution in [1.29, 1.82) is 0 Å². The van der Waals surface area contributed by atoms with Gasteiger partial charge in [-0.2, -0.15) is 0 Å². The van der Waals surface area contributed by atoms with Crippen molar-refractivity contribution in [1.82, 2.24) is 5.32 Å². The third-order valence-corrected chi connectivity index (χ3v) is 4.12. The molecule has 0 saturated carbocycles. The van der Waals surface area contributed by atoms with Crippen molar-refractivity contribution in [3.05, 3.63) is 70.8 Å². The number of nitrogens with one attached hydrogen (secondary N) is 1. The molecule has 0 aromatic heterocycles. The molecule has 0 aliphatic rings. The molecule has 25 heavy (non-hydrogen) atoms. The standard InChI is InChI=1S/C21H25NO3/c1-14(2)19(22-20(23)17-11-7-8-15(3)12-17)21(24)25-13-18-10-6-5-9-16(18)4/h5-12,14,19H,13H2,1-4H3,(H,22,23). The van der Waals surface area contributed by atoms with Gasteiger partial charge in [0.25, 0.3) is 5.91 Å². The van der Waals surface area contributed by atoms with E-state index in [-0.39, 0.29) is 18.4 Å². The van der Waals surface area contributed by atoms with Gasteiger partial charge in [0.1, 0.15) is 12.6 Å². The molecule has 0 spiro atoms. The number of carbonyl (C=O) groups excluding carboxylic acids is 2. The van der Waals surface area contributed by atoms with Crippen LogP contribution in [0.2, 0.25) is 0 Å². The Kier molecular flexibility index (Phi) is 6.34. The zero-order chi connectivity index (χ0) is 18.4.